The molecule has 1 unspecified atom stereocenters. The molecule has 90 valence electrons. The molecule has 1 atom stereocenters. The molecule has 1 fully saturated rings. The van der Waals surface area contributed by atoms with Crippen molar-refractivity contribution in [2.75, 3.05) is 20.3 Å². The predicted molar refractivity (Wildman–Crippen MR) is 58.6 cm³/mol. The van der Waals surface area contributed by atoms with Gasteiger partial charge in [0.15, 0.2) is 0 Å². The Morgan fingerprint density at radius 2 is 2.25 bits per heavy atom. The van der Waals surface area contributed by atoms with Crippen LogP contribution in [0.1, 0.15) is 24.6 Å². The molecule has 5 nitrogen and oxygen atoms in total. The highest BCUT2D eigenvalue weighted by atomic mass is 16.5. The smallest absolute Gasteiger partial charge is 0.124 e. The third kappa shape index (κ3) is 1.99. The summed E-state index contributed by atoms with van der Waals surface area (Å²) >= 11 is 0. The fourth-order valence-corrected chi connectivity index (χ4v) is 2.28. The molecule has 3 N–H and O–H groups in total. The van der Waals surface area contributed by atoms with Crippen molar-refractivity contribution < 1.29 is 13.9 Å². The minimum absolute atomic E-state index is 0.142. The number of nitrogens with one attached hydrogen (secondary N) is 1. The van der Waals surface area contributed by atoms with E-state index in [1.807, 2.05) is 12.1 Å². The first-order valence-corrected chi connectivity index (χ1v) is 5.45. The minimum Gasteiger partial charge on any atom is -0.468 e. The highest BCUT2D eigenvalue weighted by molar-refractivity contribution is 5.11. The van der Waals surface area contributed by atoms with Crippen molar-refractivity contribution in [3.63, 3.8) is 0 Å². The molecule has 1 aromatic heterocycles. The monoisotopic (exact) mass is 226 g/mol. The van der Waals surface area contributed by atoms with Crippen molar-refractivity contribution in [3.05, 3.63) is 24.2 Å². The summed E-state index contributed by atoms with van der Waals surface area (Å²) in [6.07, 6.45) is 3.25. The molecule has 1 aliphatic rings. The van der Waals surface area contributed by atoms with Crippen LogP contribution in [-0.4, -0.2) is 25.9 Å². The fraction of sp³-hybridized carbons (Fsp3) is 0.636. The summed E-state index contributed by atoms with van der Waals surface area (Å²) in [6.45, 7) is 1.37. The molecule has 0 radical (unpaired) electrons. The van der Waals surface area contributed by atoms with Crippen LogP contribution in [0.3, 0.4) is 0 Å². The third-order valence-electron chi connectivity index (χ3n) is 3.27. The standard InChI is InChI=1S/C11H18N2O3/c1-14-11(4-7-15-8-5-11)10(13-12)9-3-2-6-16-9/h2-3,6,10,13H,4-5,7-8,12H2,1H3. The van der Waals surface area contributed by atoms with Gasteiger partial charge in [0.05, 0.1) is 11.9 Å². The van der Waals surface area contributed by atoms with Gasteiger partial charge in [0.1, 0.15) is 11.8 Å². The molecule has 1 saturated heterocycles. The van der Waals surface area contributed by atoms with Gasteiger partial charge in [-0.05, 0) is 12.1 Å². The van der Waals surface area contributed by atoms with Crippen molar-refractivity contribution in [2.45, 2.75) is 24.5 Å². The van der Waals surface area contributed by atoms with Gasteiger partial charge < -0.3 is 13.9 Å². The molecule has 0 amide bonds. The van der Waals surface area contributed by atoms with Crippen LogP contribution in [0.2, 0.25) is 0 Å². The third-order valence-corrected chi connectivity index (χ3v) is 3.27. The summed E-state index contributed by atoms with van der Waals surface area (Å²) in [4.78, 5) is 0. The van der Waals surface area contributed by atoms with E-state index in [-0.39, 0.29) is 11.6 Å². The van der Waals surface area contributed by atoms with Crippen molar-refractivity contribution in [3.8, 4) is 0 Å². The first-order valence-electron chi connectivity index (χ1n) is 5.45. The minimum atomic E-state index is -0.342. The first kappa shape index (κ1) is 11.6. The van der Waals surface area contributed by atoms with E-state index in [2.05, 4.69) is 5.43 Å². The van der Waals surface area contributed by atoms with Crippen LogP contribution < -0.4 is 11.3 Å². The summed E-state index contributed by atoms with van der Waals surface area (Å²) in [5, 5.41) is 0. The van der Waals surface area contributed by atoms with E-state index in [4.69, 9.17) is 19.7 Å². The highest BCUT2D eigenvalue weighted by Gasteiger charge is 2.42. The number of ether oxygens (including phenoxy) is 2. The van der Waals surface area contributed by atoms with E-state index in [1.54, 1.807) is 13.4 Å². The Bertz CT molecular complexity index is 307. The molecule has 0 saturated carbocycles. The number of hydrogen-bond acceptors (Lipinski definition) is 5. The Labute approximate surface area is 94.9 Å². The Hall–Kier alpha value is -0.880. The maximum atomic E-state index is 5.67. The Kier molecular flexibility index (Phi) is 3.60. The number of furan rings is 1. The Morgan fingerprint density at radius 3 is 2.75 bits per heavy atom. The summed E-state index contributed by atoms with van der Waals surface area (Å²) in [6, 6.07) is 3.61. The van der Waals surface area contributed by atoms with Gasteiger partial charge in [0, 0.05) is 33.2 Å². The van der Waals surface area contributed by atoms with E-state index in [0.717, 1.165) is 18.6 Å². The maximum absolute atomic E-state index is 5.67. The van der Waals surface area contributed by atoms with Gasteiger partial charge in [-0.3, -0.25) is 5.84 Å². The van der Waals surface area contributed by atoms with Gasteiger partial charge in [0.25, 0.3) is 0 Å². The van der Waals surface area contributed by atoms with Gasteiger partial charge >= 0.3 is 0 Å². The summed E-state index contributed by atoms with van der Waals surface area (Å²) in [7, 11) is 1.71. The van der Waals surface area contributed by atoms with Gasteiger partial charge in [-0.1, -0.05) is 0 Å². The molecule has 5 heteroatoms. The molecule has 0 aliphatic carbocycles. The van der Waals surface area contributed by atoms with Crippen LogP contribution in [0, 0.1) is 0 Å². The number of methoxy groups -OCH3 is 1. The van der Waals surface area contributed by atoms with Crippen molar-refractivity contribution in [1.29, 1.82) is 0 Å². The number of nitrogens with two attached hydrogens (primary N) is 1. The lowest BCUT2D eigenvalue weighted by atomic mass is 9.85. The first-order chi connectivity index (χ1) is 7.82. The zero-order valence-corrected chi connectivity index (χ0v) is 9.44. The van der Waals surface area contributed by atoms with Gasteiger partial charge in [-0.2, -0.15) is 0 Å². The van der Waals surface area contributed by atoms with Crippen LogP contribution >= 0.6 is 0 Å². The van der Waals surface area contributed by atoms with E-state index >= 15 is 0 Å². The number of hydrogen-bond donors (Lipinski definition) is 2. The van der Waals surface area contributed by atoms with Crippen LogP contribution in [0.5, 0.6) is 0 Å². The fourth-order valence-electron chi connectivity index (χ4n) is 2.28. The molecule has 0 spiro atoms. The summed E-state index contributed by atoms with van der Waals surface area (Å²) < 4.78 is 16.4. The Balaban J connectivity index is 2.23. The molecule has 2 rings (SSSR count). The van der Waals surface area contributed by atoms with Gasteiger partial charge in [-0.25, -0.2) is 5.43 Å². The normalized spacial score (nSPS) is 21.9. The molecule has 1 aromatic rings. The van der Waals surface area contributed by atoms with Crippen molar-refractivity contribution >= 4 is 0 Å². The second kappa shape index (κ2) is 4.97. The van der Waals surface area contributed by atoms with Crippen LogP contribution in [0.15, 0.2) is 22.8 Å². The molecule has 1 aliphatic heterocycles. The molecular formula is C11H18N2O3. The Morgan fingerprint density at radius 1 is 1.50 bits per heavy atom. The van der Waals surface area contributed by atoms with Crippen LogP contribution in [0.25, 0.3) is 0 Å². The molecule has 2 heterocycles. The van der Waals surface area contributed by atoms with Crippen molar-refractivity contribution in [2.24, 2.45) is 5.84 Å². The van der Waals surface area contributed by atoms with Crippen LogP contribution in [0.4, 0.5) is 0 Å². The topological polar surface area (TPSA) is 69.7 Å². The SMILES string of the molecule is COC1(C(NN)c2ccco2)CCOCC1. The maximum Gasteiger partial charge on any atom is 0.124 e. The van der Waals surface area contributed by atoms with Crippen molar-refractivity contribution in [1.82, 2.24) is 5.43 Å². The highest BCUT2D eigenvalue weighted by Crippen LogP contribution is 2.36. The predicted octanol–water partition coefficient (Wildman–Crippen LogP) is 0.980. The molecule has 0 aromatic carbocycles. The van der Waals surface area contributed by atoms with E-state index in [9.17, 15) is 0 Å². The van der Waals surface area contributed by atoms with Gasteiger partial charge in [0.2, 0.25) is 0 Å². The quantitative estimate of drug-likeness (QED) is 0.591. The zero-order chi connectivity index (χ0) is 11.4. The second-order valence-corrected chi connectivity index (χ2v) is 4.00. The lowest BCUT2D eigenvalue weighted by Gasteiger charge is -2.40. The lowest BCUT2D eigenvalue weighted by molar-refractivity contribution is -0.115. The van der Waals surface area contributed by atoms with Gasteiger partial charge in [-0.15, -0.1) is 0 Å². The number of rotatable bonds is 4. The average molecular weight is 226 g/mol. The summed E-state index contributed by atoms with van der Waals surface area (Å²) in [5.74, 6) is 6.42. The van der Waals surface area contributed by atoms with E-state index < -0.39 is 0 Å². The zero-order valence-electron chi connectivity index (χ0n) is 9.44. The average Bonchev–Trinajstić information content (AvgIpc) is 2.85. The van der Waals surface area contributed by atoms with Crippen LogP contribution in [-0.2, 0) is 9.47 Å². The van der Waals surface area contributed by atoms with E-state index in [1.165, 1.54) is 0 Å². The number of hydrazine groups is 1. The largest absolute Gasteiger partial charge is 0.468 e. The molecule has 0 bridgehead atoms. The van der Waals surface area contributed by atoms with E-state index in [0.29, 0.717) is 13.2 Å². The molecular weight excluding hydrogens is 208 g/mol. The lowest BCUT2D eigenvalue weighted by Crippen LogP contribution is -2.51. The summed E-state index contributed by atoms with van der Waals surface area (Å²) in [5.41, 5.74) is 2.45. The second-order valence-electron chi connectivity index (χ2n) is 4.00. The molecule has 16 heavy (non-hydrogen) atoms.